The van der Waals surface area contributed by atoms with Gasteiger partial charge in [-0.3, -0.25) is 14.9 Å². The predicted octanol–water partition coefficient (Wildman–Crippen LogP) is 3.20. The highest BCUT2D eigenvalue weighted by Crippen LogP contribution is 2.20. The number of aryl methyl sites for hydroxylation is 1. The summed E-state index contributed by atoms with van der Waals surface area (Å²) in [5.74, 6) is -0.569. The molecule has 1 amide bonds. The number of para-hydroxylation sites is 1. The van der Waals surface area contributed by atoms with Crippen LogP contribution in [0.1, 0.15) is 15.9 Å². The number of hydrogen-bond acceptors (Lipinski definition) is 4. The lowest BCUT2D eigenvalue weighted by Crippen LogP contribution is -2.14. The van der Waals surface area contributed by atoms with Crippen molar-refractivity contribution in [2.45, 2.75) is 6.92 Å². The van der Waals surface area contributed by atoms with E-state index in [-0.39, 0.29) is 11.3 Å². The normalized spacial score (nSPS) is 10.1. The molecular formula is C13H10ClN3O3. The van der Waals surface area contributed by atoms with E-state index in [1.807, 2.05) is 0 Å². The fourth-order valence-electron chi connectivity index (χ4n) is 1.65. The minimum Gasteiger partial charge on any atom is -0.320 e. The van der Waals surface area contributed by atoms with Crippen LogP contribution in [-0.4, -0.2) is 15.8 Å². The zero-order valence-corrected chi connectivity index (χ0v) is 11.2. The van der Waals surface area contributed by atoms with Gasteiger partial charge < -0.3 is 5.32 Å². The molecule has 0 radical (unpaired) electrons. The molecule has 1 aromatic heterocycles. The maximum absolute atomic E-state index is 12.1. The quantitative estimate of drug-likeness (QED) is 0.534. The van der Waals surface area contributed by atoms with Crippen LogP contribution < -0.4 is 5.32 Å². The van der Waals surface area contributed by atoms with E-state index in [0.717, 1.165) is 0 Å². The number of rotatable bonds is 3. The van der Waals surface area contributed by atoms with E-state index in [0.29, 0.717) is 16.4 Å². The largest absolute Gasteiger partial charge is 0.320 e. The van der Waals surface area contributed by atoms with Crippen LogP contribution in [0.15, 0.2) is 36.5 Å². The first-order valence-corrected chi connectivity index (χ1v) is 6.04. The van der Waals surface area contributed by atoms with Crippen LogP contribution in [0.4, 0.5) is 11.4 Å². The Balaban J connectivity index is 2.28. The van der Waals surface area contributed by atoms with Gasteiger partial charge in [0.15, 0.2) is 0 Å². The Bertz CT molecular complexity index is 688. The molecule has 0 spiro atoms. The van der Waals surface area contributed by atoms with E-state index in [2.05, 4.69) is 10.3 Å². The van der Waals surface area contributed by atoms with Crippen molar-refractivity contribution in [1.82, 2.24) is 4.98 Å². The Morgan fingerprint density at radius 2 is 2.10 bits per heavy atom. The van der Waals surface area contributed by atoms with Crippen molar-refractivity contribution in [3.8, 4) is 0 Å². The van der Waals surface area contributed by atoms with Crippen LogP contribution >= 0.6 is 11.6 Å². The number of hydrogen-bond donors (Lipinski definition) is 1. The predicted molar refractivity (Wildman–Crippen MR) is 75.0 cm³/mol. The number of carbonyl (C=O) groups is 1. The topological polar surface area (TPSA) is 85.1 Å². The lowest BCUT2D eigenvalue weighted by atomic mass is 10.1. The molecule has 0 fully saturated rings. The first-order chi connectivity index (χ1) is 9.49. The molecule has 2 aromatic rings. The zero-order chi connectivity index (χ0) is 14.7. The van der Waals surface area contributed by atoms with Gasteiger partial charge in [-0.05, 0) is 24.6 Å². The van der Waals surface area contributed by atoms with E-state index in [9.17, 15) is 14.9 Å². The van der Waals surface area contributed by atoms with Crippen molar-refractivity contribution in [3.63, 3.8) is 0 Å². The van der Waals surface area contributed by atoms with Gasteiger partial charge in [-0.1, -0.05) is 23.7 Å². The Morgan fingerprint density at radius 3 is 2.75 bits per heavy atom. The van der Waals surface area contributed by atoms with Crippen molar-refractivity contribution >= 4 is 28.9 Å². The third-order valence-corrected chi connectivity index (χ3v) is 3.01. The number of nitro benzene ring substituents is 1. The highest BCUT2D eigenvalue weighted by atomic mass is 35.5. The summed E-state index contributed by atoms with van der Waals surface area (Å²) in [5.41, 5.74) is 0.871. The highest BCUT2D eigenvalue weighted by Gasteiger charge is 2.19. The summed E-state index contributed by atoms with van der Waals surface area (Å²) >= 11 is 5.79. The van der Waals surface area contributed by atoms with E-state index in [4.69, 9.17) is 11.6 Å². The molecular weight excluding hydrogens is 282 g/mol. The third kappa shape index (κ3) is 2.92. The number of pyridine rings is 1. The molecule has 7 heteroatoms. The number of halogens is 1. The van der Waals surface area contributed by atoms with Gasteiger partial charge in [-0.2, -0.15) is 0 Å². The van der Waals surface area contributed by atoms with Crippen molar-refractivity contribution in [2.75, 3.05) is 5.32 Å². The molecule has 0 aliphatic carbocycles. The molecule has 0 aliphatic rings. The van der Waals surface area contributed by atoms with Gasteiger partial charge >= 0.3 is 0 Å². The zero-order valence-electron chi connectivity index (χ0n) is 10.5. The molecule has 1 heterocycles. The van der Waals surface area contributed by atoms with Crippen LogP contribution in [0.25, 0.3) is 0 Å². The monoisotopic (exact) mass is 291 g/mol. The molecule has 0 aliphatic heterocycles. The Morgan fingerprint density at radius 1 is 1.40 bits per heavy atom. The number of nitrogens with one attached hydrogen (secondary N) is 1. The molecule has 0 atom stereocenters. The Kier molecular flexibility index (Phi) is 3.95. The van der Waals surface area contributed by atoms with Crippen LogP contribution in [0.3, 0.4) is 0 Å². The van der Waals surface area contributed by atoms with Gasteiger partial charge in [-0.25, -0.2) is 4.98 Å². The van der Waals surface area contributed by atoms with Crippen LogP contribution in [0.2, 0.25) is 5.15 Å². The Labute approximate surface area is 119 Å². The molecule has 20 heavy (non-hydrogen) atoms. The number of nitro groups is 1. The first kappa shape index (κ1) is 14.0. The minimum atomic E-state index is -0.597. The molecule has 1 N–H and O–H groups in total. The smallest absolute Gasteiger partial charge is 0.282 e. The first-order valence-electron chi connectivity index (χ1n) is 5.66. The number of anilines is 1. The van der Waals surface area contributed by atoms with Crippen LogP contribution in [-0.2, 0) is 0 Å². The summed E-state index contributed by atoms with van der Waals surface area (Å²) in [7, 11) is 0. The van der Waals surface area contributed by atoms with Crippen molar-refractivity contribution in [1.29, 1.82) is 0 Å². The number of benzene rings is 1. The second-order valence-corrected chi connectivity index (χ2v) is 4.42. The van der Waals surface area contributed by atoms with Crippen molar-refractivity contribution < 1.29 is 9.72 Å². The Hall–Kier alpha value is -2.47. The van der Waals surface area contributed by atoms with Crippen LogP contribution in [0.5, 0.6) is 0 Å². The van der Waals surface area contributed by atoms with Crippen molar-refractivity contribution in [3.05, 3.63) is 62.9 Å². The number of amides is 1. The summed E-state index contributed by atoms with van der Waals surface area (Å²) in [6.07, 6.45) is 1.39. The summed E-state index contributed by atoms with van der Waals surface area (Å²) in [4.78, 5) is 26.2. The van der Waals surface area contributed by atoms with Gasteiger partial charge in [-0.15, -0.1) is 0 Å². The second kappa shape index (κ2) is 5.66. The van der Waals surface area contributed by atoms with E-state index in [1.165, 1.54) is 24.4 Å². The fraction of sp³-hybridized carbons (Fsp3) is 0.0769. The number of carbonyl (C=O) groups excluding carboxylic acids is 1. The molecule has 0 saturated carbocycles. The lowest BCUT2D eigenvalue weighted by molar-refractivity contribution is -0.385. The maximum atomic E-state index is 12.1. The standard InChI is InChI=1S/C13H10ClN3O3/c1-8-6-9(7-15-12(8)14)16-13(18)10-4-2-3-5-11(10)17(19)20/h2-7H,1H3,(H,16,18). The van der Waals surface area contributed by atoms with E-state index >= 15 is 0 Å². The SMILES string of the molecule is Cc1cc(NC(=O)c2ccccc2[N+](=O)[O-])cnc1Cl. The molecule has 102 valence electrons. The summed E-state index contributed by atoms with van der Waals surface area (Å²) < 4.78 is 0. The van der Waals surface area contributed by atoms with Crippen LogP contribution in [0, 0.1) is 17.0 Å². The average Bonchev–Trinajstić information content (AvgIpc) is 2.43. The molecule has 1 aromatic carbocycles. The van der Waals surface area contributed by atoms with Gasteiger partial charge in [0, 0.05) is 6.07 Å². The lowest BCUT2D eigenvalue weighted by Gasteiger charge is -2.06. The fourth-order valence-corrected chi connectivity index (χ4v) is 1.75. The summed E-state index contributed by atoms with van der Waals surface area (Å²) in [6.45, 7) is 1.75. The molecule has 0 saturated heterocycles. The van der Waals surface area contributed by atoms with E-state index in [1.54, 1.807) is 19.1 Å². The van der Waals surface area contributed by atoms with Gasteiger partial charge in [0.25, 0.3) is 11.6 Å². The summed E-state index contributed by atoms with van der Waals surface area (Å²) in [5, 5.41) is 13.8. The van der Waals surface area contributed by atoms with Gasteiger partial charge in [0.2, 0.25) is 0 Å². The molecule has 2 rings (SSSR count). The minimum absolute atomic E-state index is 0.00916. The summed E-state index contributed by atoms with van der Waals surface area (Å²) in [6, 6.07) is 7.38. The average molecular weight is 292 g/mol. The number of aromatic nitrogens is 1. The molecule has 0 unspecified atom stereocenters. The van der Waals surface area contributed by atoms with Gasteiger partial charge in [0.1, 0.15) is 10.7 Å². The van der Waals surface area contributed by atoms with Crippen molar-refractivity contribution in [2.24, 2.45) is 0 Å². The maximum Gasteiger partial charge on any atom is 0.282 e. The van der Waals surface area contributed by atoms with Gasteiger partial charge in [0.05, 0.1) is 16.8 Å². The van der Waals surface area contributed by atoms with E-state index < -0.39 is 10.8 Å². The highest BCUT2D eigenvalue weighted by molar-refractivity contribution is 6.30. The second-order valence-electron chi connectivity index (χ2n) is 4.06. The third-order valence-electron chi connectivity index (χ3n) is 2.62. The number of nitrogens with zero attached hydrogens (tertiary/aromatic N) is 2. The molecule has 6 nitrogen and oxygen atoms in total. The molecule has 0 bridgehead atoms.